The maximum absolute atomic E-state index is 11.8. The van der Waals surface area contributed by atoms with E-state index in [2.05, 4.69) is 0 Å². The molecule has 5 heteroatoms. The van der Waals surface area contributed by atoms with Gasteiger partial charge in [0.2, 0.25) is 0 Å². The van der Waals surface area contributed by atoms with Gasteiger partial charge < -0.3 is 20.5 Å². The van der Waals surface area contributed by atoms with Crippen molar-refractivity contribution in [3.8, 4) is 5.75 Å². The monoisotopic (exact) mass is 252 g/mol. The molecule has 0 bridgehead atoms. The molecule has 0 saturated heterocycles. The molecule has 0 aliphatic rings. The number of ether oxygens (including phenoxy) is 1. The molecule has 0 aliphatic heterocycles. The Labute approximate surface area is 107 Å². The van der Waals surface area contributed by atoms with Gasteiger partial charge in [-0.3, -0.25) is 4.79 Å². The molecule has 0 atom stereocenters. The number of likely N-dealkylation sites (N-methyl/N-ethyl adjacent to an activating group) is 1. The van der Waals surface area contributed by atoms with Crippen LogP contribution >= 0.6 is 0 Å². The van der Waals surface area contributed by atoms with Crippen molar-refractivity contribution in [3.05, 3.63) is 24.3 Å². The SMILES string of the molecule is CN(CC(C)(C)O)C(=O)COc1ccccc1N. The Morgan fingerprint density at radius 3 is 2.61 bits per heavy atom. The van der Waals surface area contributed by atoms with Crippen LogP contribution in [0.1, 0.15) is 13.8 Å². The average molecular weight is 252 g/mol. The lowest BCUT2D eigenvalue weighted by Gasteiger charge is -2.25. The molecular formula is C13H20N2O3. The molecule has 0 aliphatic carbocycles. The van der Waals surface area contributed by atoms with Gasteiger partial charge in [0.15, 0.2) is 6.61 Å². The molecule has 3 N–H and O–H groups in total. The summed E-state index contributed by atoms with van der Waals surface area (Å²) in [5, 5.41) is 9.61. The van der Waals surface area contributed by atoms with E-state index in [1.165, 1.54) is 4.90 Å². The summed E-state index contributed by atoms with van der Waals surface area (Å²) in [5.74, 6) is 0.280. The average Bonchev–Trinajstić information content (AvgIpc) is 2.25. The summed E-state index contributed by atoms with van der Waals surface area (Å²) >= 11 is 0. The maximum atomic E-state index is 11.8. The molecule has 1 aromatic rings. The van der Waals surface area contributed by atoms with Crippen LogP contribution in [-0.2, 0) is 4.79 Å². The molecule has 1 rings (SSSR count). The molecule has 1 amide bonds. The number of nitrogen functional groups attached to an aromatic ring is 1. The highest BCUT2D eigenvalue weighted by Gasteiger charge is 2.19. The number of carbonyl (C=O) groups excluding carboxylic acids is 1. The second-order valence-electron chi connectivity index (χ2n) is 4.89. The van der Waals surface area contributed by atoms with E-state index in [-0.39, 0.29) is 19.1 Å². The molecule has 5 nitrogen and oxygen atoms in total. The summed E-state index contributed by atoms with van der Waals surface area (Å²) in [4.78, 5) is 13.2. The van der Waals surface area contributed by atoms with Crippen molar-refractivity contribution < 1.29 is 14.6 Å². The highest BCUT2D eigenvalue weighted by atomic mass is 16.5. The predicted octanol–water partition coefficient (Wildman–Crippen LogP) is 0.877. The lowest BCUT2D eigenvalue weighted by molar-refractivity contribution is -0.134. The Morgan fingerprint density at radius 1 is 1.44 bits per heavy atom. The first-order valence-electron chi connectivity index (χ1n) is 5.73. The third-order valence-corrected chi connectivity index (χ3v) is 2.32. The fraction of sp³-hybridized carbons (Fsp3) is 0.462. The van der Waals surface area contributed by atoms with Gasteiger partial charge in [-0.2, -0.15) is 0 Å². The minimum Gasteiger partial charge on any atom is -0.482 e. The van der Waals surface area contributed by atoms with E-state index < -0.39 is 5.60 Å². The van der Waals surface area contributed by atoms with Gasteiger partial charge in [-0.05, 0) is 26.0 Å². The molecule has 0 spiro atoms. The summed E-state index contributed by atoms with van der Waals surface area (Å²) in [6.45, 7) is 3.44. The first-order chi connectivity index (χ1) is 8.29. The summed E-state index contributed by atoms with van der Waals surface area (Å²) in [6.07, 6.45) is 0. The van der Waals surface area contributed by atoms with Crippen LogP contribution in [0, 0.1) is 0 Å². The van der Waals surface area contributed by atoms with E-state index in [1.54, 1.807) is 45.2 Å². The van der Waals surface area contributed by atoms with Crippen LogP contribution in [-0.4, -0.2) is 41.7 Å². The summed E-state index contributed by atoms with van der Waals surface area (Å²) < 4.78 is 5.34. The van der Waals surface area contributed by atoms with Crippen molar-refractivity contribution in [3.63, 3.8) is 0 Å². The zero-order chi connectivity index (χ0) is 13.8. The zero-order valence-corrected chi connectivity index (χ0v) is 11.0. The second-order valence-corrected chi connectivity index (χ2v) is 4.89. The molecule has 18 heavy (non-hydrogen) atoms. The minimum absolute atomic E-state index is 0.0964. The zero-order valence-electron chi connectivity index (χ0n) is 11.0. The Morgan fingerprint density at radius 2 is 2.06 bits per heavy atom. The van der Waals surface area contributed by atoms with Gasteiger partial charge >= 0.3 is 0 Å². The lowest BCUT2D eigenvalue weighted by atomic mass is 10.1. The molecular weight excluding hydrogens is 232 g/mol. The standard InChI is InChI=1S/C13H20N2O3/c1-13(2,17)9-15(3)12(16)8-18-11-7-5-4-6-10(11)14/h4-7,17H,8-9,14H2,1-3H3. The molecule has 0 fully saturated rings. The number of anilines is 1. The van der Waals surface area contributed by atoms with Crippen LogP contribution in [0.5, 0.6) is 5.75 Å². The van der Waals surface area contributed by atoms with E-state index in [0.29, 0.717) is 11.4 Å². The fourth-order valence-corrected chi connectivity index (χ4v) is 1.53. The van der Waals surface area contributed by atoms with Crippen LogP contribution < -0.4 is 10.5 Å². The molecule has 0 aromatic heterocycles. The van der Waals surface area contributed by atoms with Crippen LogP contribution in [0.15, 0.2) is 24.3 Å². The topological polar surface area (TPSA) is 75.8 Å². The van der Waals surface area contributed by atoms with Crippen LogP contribution in [0.2, 0.25) is 0 Å². The summed E-state index contributed by atoms with van der Waals surface area (Å²) in [6, 6.07) is 7.00. The van der Waals surface area contributed by atoms with Gasteiger partial charge in [0.05, 0.1) is 11.3 Å². The number of nitrogens with two attached hydrogens (primary N) is 1. The Balaban J connectivity index is 2.49. The third kappa shape index (κ3) is 4.63. The van der Waals surface area contributed by atoms with Crippen molar-refractivity contribution >= 4 is 11.6 Å². The van der Waals surface area contributed by atoms with Crippen molar-refractivity contribution in [2.75, 3.05) is 25.9 Å². The van der Waals surface area contributed by atoms with Crippen molar-refractivity contribution in [2.45, 2.75) is 19.4 Å². The smallest absolute Gasteiger partial charge is 0.260 e. The van der Waals surface area contributed by atoms with Gasteiger partial charge in [0.1, 0.15) is 5.75 Å². The molecule has 0 heterocycles. The van der Waals surface area contributed by atoms with Gasteiger partial charge in [-0.25, -0.2) is 0 Å². The Bertz CT molecular complexity index is 413. The number of aliphatic hydroxyl groups is 1. The first-order valence-corrected chi connectivity index (χ1v) is 5.73. The van der Waals surface area contributed by atoms with E-state index in [1.807, 2.05) is 0 Å². The maximum Gasteiger partial charge on any atom is 0.260 e. The van der Waals surface area contributed by atoms with E-state index in [0.717, 1.165) is 0 Å². The minimum atomic E-state index is -0.920. The highest BCUT2D eigenvalue weighted by molar-refractivity contribution is 5.77. The number of amides is 1. The van der Waals surface area contributed by atoms with Crippen LogP contribution in [0.3, 0.4) is 0 Å². The highest BCUT2D eigenvalue weighted by Crippen LogP contribution is 2.19. The number of benzene rings is 1. The van der Waals surface area contributed by atoms with Crippen LogP contribution in [0.25, 0.3) is 0 Å². The molecule has 0 saturated carbocycles. The van der Waals surface area contributed by atoms with Gasteiger partial charge in [-0.1, -0.05) is 12.1 Å². The van der Waals surface area contributed by atoms with E-state index in [9.17, 15) is 9.90 Å². The summed E-state index contributed by atoms with van der Waals surface area (Å²) in [7, 11) is 1.62. The van der Waals surface area contributed by atoms with Gasteiger partial charge in [0, 0.05) is 13.6 Å². The van der Waals surface area contributed by atoms with Crippen LogP contribution in [0.4, 0.5) is 5.69 Å². The lowest BCUT2D eigenvalue weighted by Crippen LogP contribution is -2.41. The third-order valence-electron chi connectivity index (χ3n) is 2.32. The van der Waals surface area contributed by atoms with Gasteiger partial charge in [0.25, 0.3) is 5.91 Å². The number of nitrogens with zero attached hydrogens (tertiary/aromatic N) is 1. The quantitative estimate of drug-likeness (QED) is 0.763. The summed E-state index contributed by atoms with van der Waals surface area (Å²) in [5.41, 5.74) is 5.27. The predicted molar refractivity (Wildman–Crippen MR) is 70.3 cm³/mol. The fourth-order valence-electron chi connectivity index (χ4n) is 1.53. The first kappa shape index (κ1) is 14.3. The molecule has 0 unspecified atom stereocenters. The normalized spacial score (nSPS) is 11.1. The molecule has 100 valence electrons. The van der Waals surface area contributed by atoms with Crippen molar-refractivity contribution in [1.29, 1.82) is 0 Å². The van der Waals surface area contributed by atoms with Gasteiger partial charge in [-0.15, -0.1) is 0 Å². The molecule has 1 aromatic carbocycles. The second kappa shape index (κ2) is 5.73. The van der Waals surface area contributed by atoms with E-state index >= 15 is 0 Å². The molecule has 0 radical (unpaired) electrons. The Kier molecular flexibility index (Phi) is 4.55. The van der Waals surface area contributed by atoms with E-state index in [4.69, 9.17) is 10.5 Å². The number of hydrogen-bond donors (Lipinski definition) is 2. The number of carbonyl (C=O) groups is 1. The number of hydrogen-bond acceptors (Lipinski definition) is 4. The number of rotatable bonds is 5. The van der Waals surface area contributed by atoms with Crippen molar-refractivity contribution in [2.24, 2.45) is 0 Å². The number of para-hydroxylation sites is 2. The largest absolute Gasteiger partial charge is 0.482 e. The van der Waals surface area contributed by atoms with Crippen molar-refractivity contribution in [1.82, 2.24) is 4.90 Å². The Hall–Kier alpha value is -1.75.